The van der Waals surface area contributed by atoms with Gasteiger partial charge in [0, 0.05) is 17.2 Å². The summed E-state index contributed by atoms with van der Waals surface area (Å²) in [4.78, 5) is 0. The molecule has 0 radical (unpaired) electrons. The van der Waals surface area contributed by atoms with Gasteiger partial charge < -0.3 is 5.21 Å². The zero-order valence-corrected chi connectivity index (χ0v) is 7.88. The molecule has 0 unspecified atom stereocenters. The fraction of sp³-hybridized carbons (Fsp3) is 0.100. The van der Waals surface area contributed by atoms with Crippen molar-refractivity contribution >= 4 is 22.5 Å². The van der Waals surface area contributed by atoms with Gasteiger partial charge >= 0.3 is 0 Å². The van der Waals surface area contributed by atoms with E-state index in [9.17, 15) is 5.21 Å². The predicted octanol–water partition coefficient (Wildman–Crippen LogP) is 2.44. The molecule has 0 aliphatic carbocycles. The lowest BCUT2D eigenvalue weighted by Gasteiger charge is -2.03. The lowest BCUT2D eigenvalue weighted by molar-refractivity contribution is -0.577. The standard InChI is InChI=1S/C10H8ClNO/c1-7-4-5-12(13)10-3-2-8(11)6-9(7)10/h2-6H,1H3. The molecule has 0 amide bonds. The third-order valence-electron chi connectivity index (χ3n) is 2.08. The summed E-state index contributed by atoms with van der Waals surface area (Å²) in [6.45, 7) is 1.96. The molecule has 2 aromatic rings. The Morgan fingerprint density at radius 1 is 1.31 bits per heavy atom. The highest BCUT2D eigenvalue weighted by Gasteiger charge is 2.05. The fourth-order valence-electron chi connectivity index (χ4n) is 1.37. The largest absolute Gasteiger partial charge is 0.618 e. The molecule has 13 heavy (non-hydrogen) atoms. The Kier molecular flexibility index (Phi) is 1.85. The fourth-order valence-corrected chi connectivity index (χ4v) is 1.54. The van der Waals surface area contributed by atoms with Gasteiger partial charge in [0.1, 0.15) is 0 Å². The second-order valence-corrected chi connectivity index (χ2v) is 3.42. The topological polar surface area (TPSA) is 26.9 Å². The Morgan fingerprint density at radius 2 is 2.08 bits per heavy atom. The molecule has 0 N–H and O–H groups in total. The van der Waals surface area contributed by atoms with E-state index in [1.807, 2.05) is 6.92 Å². The highest BCUT2D eigenvalue weighted by molar-refractivity contribution is 6.31. The number of benzene rings is 1. The van der Waals surface area contributed by atoms with E-state index in [0.29, 0.717) is 10.5 Å². The highest BCUT2D eigenvalue weighted by atomic mass is 35.5. The molecule has 0 atom stereocenters. The Bertz CT molecular complexity index is 468. The minimum absolute atomic E-state index is 0.654. The van der Waals surface area contributed by atoms with Crippen LogP contribution >= 0.6 is 11.6 Å². The summed E-state index contributed by atoms with van der Waals surface area (Å²) in [6.07, 6.45) is 1.51. The molecule has 1 heterocycles. The van der Waals surface area contributed by atoms with E-state index in [4.69, 9.17) is 11.6 Å². The van der Waals surface area contributed by atoms with Crippen LogP contribution < -0.4 is 4.73 Å². The van der Waals surface area contributed by atoms with Gasteiger partial charge in [-0.3, -0.25) is 0 Å². The van der Waals surface area contributed by atoms with Crippen LogP contribution in [0.15, 0.2) is 30.5 Å². The SMILES string of the molecule is Cc1cc[n+]([O-])c2ccc(Cl)cc12. The van der Waals surface area contributed by atoms with Gasteiger partial charge in [0.25, 0.3) is 0 Å². The number of pyridine rings is 1. The monoisotopic (exact) mass is 193 g/mol. The van der Waals surface area contributed by atoms with Gasteiger partial charge in [-0.1, -0.05) is 11.6 Å². The van der Waals surface area contributed by atoms with Crippen LogP contribution in [-0.4, -0.2) is 0 Å². The Hall–Kier alpha value is -1.28. The van der Waals surface area contributed by atoms with Crippen LogP contribution in [-0.2, 0) is 0 Å². The zero-order chi connectivity index (χ0) is 9.42. The van der Waals surface area contributed by atoms with Crippen molar-refractivity contribution < 1.29 is 4.73 Å². The van der Waals surface area contributed by atoms with E-state index in [0.717, 1.165) is 15.7 Å². The van der Waals surface area contributed by atoms with Crippen molar-refractivity contribution in [3.63, 3.8) is 0 Å². The second-order valence-electron chi connectivity index (χ2n) is 2.99. The van der Waals surface area contributed by atoms with Crippen LogP contribution in [0.3, 0.4) is 0 Å². The van der Waals surface area contributed by atoms with Crippen molar-refractivity contribution in [2.75, 3.05) is 0 Å². The summed E-state index contributed by atoms with van der Waals surface area (Å²) in [5.41, 5.74) is 1.72. The number of fused-ring (bicyclic) bond motifs is 1. The Balaban J connectivity index is 2.92. The van der Waals surface area contributed by atoms with E-state index < -0.39 is 0 Å². The van der Waals surface area contributed by atoms with Crippen LogP contribution in [0.25, 0.3) is 10.9 Å². The number of halogens is 1. The second kappa shape index (κ2) is 2.89. The predicted molar refractivity (Wildman–Crippen MR) is 52.7 cm³/mol. The lowest BCUT2D eigenvalue weighted by atomic mass is 10.1. The first-order valence-corrected chi connectivity index (χ1v) is 4.34. The normalized spacial score (nSPS) is 10.6. The Labute approximate surface area is 81.0 Å². The average Bonchev–Trinajstić information content (AvgIpc) is 2.12. The van der Waals surface area contributed by atoms with Crippen LogP contribution in [0, 0.1) is 12.1 Å². The average molecular weight is 194 g/mol. The zero-order valence-electron chi connectivity index (χ0n) is 7.12. The molecule has 0 saturated heterocycles. The summed E-state index contributed by atoms with van der Waals surface area (Å²) in [5, 5.41) is 12.9. The first-order chi connectivity index (χ1) is 6.18. The molecule has 1 aromatic carbocycles. The van der Waals surface area contributed by atoms with Gasteiger partial charge in [-0.25, -0.2) is 0 Å². The minimum atomic E-state index is 0.654. The molecule has 3 heteroatoms. The quantitative estimate of drug-likeness (QED) is 0.466. The molecule has 0 aliphatic heterocycles. The first-order valence-electron chi connectivity index (χ1n) is 3.96. The third-order valence-corrected chi connectivity index (χ3v) is 2.32. The van der Waals surface area contributed by atoms with Gasteiger partial charge in [-0.05, 0) is 24.6 Å². The maximum Gasteiger partial charge on any atom is 0.224 e. The summed E-state index contributed by atoms with van der Waals surface area (Å²) >= 11 is 5.83. The van der Waals surface area contributed by atoms with E-state index in [2.05, 4.69) is 0 Å². The number of aryl methyl sites for hydroxylation is 1. The first kappa shape index (κ1) is 8.32. The van der Waals surface area contributed by atoms with E-state index in [1.54, 1.807) is 24.3 Å². The van der Waals surface area contributed by atoms with Gasteiger partial charge in [-0.15, -0.1) is 0 Å². The van der Waals surface area contributed by atoms with Crippen molar-refractivity contribution in [3.8, 4) is 0 Å². The summed E-state index contributed by atoms with van der Waals surface area (Å²) in [5.74, 6) is 0. The maximum atomic E-state index is 11.3. The van der Waals surface area contributed by atoms with Crippen LogP contribution in [0.2, 0.25) is 5.02 Å². The van der Waals surface area contributed by atoms with E-state index >= 15 is 0 Å². The molecule has 0 aliphatic rings. The number of nitrogens with zero attached hydrogens (tertiary/aromatic N) is 1. The molecule has 0 saturated carbocycles. The Morgan fingerprint density at radius 3 is 2.85 bits per heavy atom. The number of hydrogen-bond donors (Lipinski definition) is 0. The minimum Gasteiger partial charge on any atom is -0.618 e. The van der Waals surface area contributed by atoms with Crippen molar-refractivity contribution in [2.24, 2.45) is 0 Å². The molecular weight excluding hydrogens is 186 g/mol. The van der Waals surface area contributed by atoms with Gasteiger partial charge in [0.15, 0.2) is 6.20 Å². The van der Waals surface area contributed by atoms with E-state index in [-0.39, 0.29) is 0 Å². The highest BCUT2D eigenvalue weighted by Crippen LogP contribution is 2.19. The van der Waals surface area contributed by atoms with Crippen LogP contribution in [0.5, 0.6) is 0 Å². The van der Waals surface area contributed by atoms with Crippen LogP contribution in [0.4, 0.5) is 0 Å². The molecule has 0 fully saturated rings. The molecule has 1 aromatic heterocycles. The number of hydrogen-bond acceptors (Lipinski definition) is 1. The smallest absolute Gasteiger partial charge is 0.224 e. The molecule has 66 valence electrons. The van der Waals surface area contributed by atoms with Crippen LogP contribution in [0.1, 0.15) is 5.56 Å². The van der Waals surface area contributed by atoms with Gasteiger partial charge in [-0.2, -0.15) is 4.73 Å². The van der Waals surface area contributed by atoms with Crippen molar-refractivity contribution in [3.05, 3.63) is 46.3 Å². The van der Waals surface area contributed by atoms with Crippen molar-refractivity contribution in [1.82, 2.24) is 0 Å². The van der Waals surface area contributed by atoms with Gasteiger partial charge in [0.05, 0.1) is 5.39 Å². The number of rotatable bonds is 0. The summed E-state index contributed by atoms with van der Waals surface area (Å²) in [6, 6.07) is 7.04. The molecule has 0 spiro atoms. The van der Waals surface area contributed by atoms with Crippen molar-refractivity contribution in [1.29, 1.82) is 0 Å². The van der Waals surface area contributed by atoms with E-state index in [1.165, 1.54) is 6.20 Å². The maximum absolute atomic E-state index is 11.3. The molecule has 2 nitrogen and oxygen atoms in total. The summed E-state index contributed by atoms with van der Waals surface area (Å²) in [7, 11) is 0. The lowest BCUT2D eigenvalue weighted by Crippen LogP contribution is -2.26. The van der Waals surface area contributed by atoms with Crippen molar-refractivity contribution in [2.45, 2.75) is 6.92 Å². The third kappa shape index (κ3) is 1.33. The number of aromatic nitrogens is 1. The molecular formula is C10H8ClNO. The molecule has 0 bridgehead atoms. The molecule has 2 rings (SSSR count). The summed E-state index contributed by atoms with van der Waals surface area (Å²) < 4.78 is 0.846. The van der Waals surface area contributed by atoms with Gasteiger partial charge in [0.2, 0.25) is 5.52 Å².